The molecule has 15 heavy (non-hydrogen) atoms. The van der Waals surface area contributed by atoms with E-state index in [0.717, 1.165) is 19.3 Å². The van der Waals surface area contributed by atoms with E-state index in [1.165, 1.54) is 25.7 Å². The minimum Gasteiger partial charge on any atom is -0.316 e. The van der Waals surface area contributed by atoms with Crippen molar-refractivity contribution >= 4 is 21.8 Å². The van der Waals surface area contributed by atoms with Crippen molar-refractivity contribution in [3.05, 3.63) is 0 Å². The van der Waals surface area contributed by atoms with Gasteiger partial charge >= 0.3 is 6.30 Å². The number of hydrogen-bond donors (Lipinski definition) is 1. The van der Waals surface area contributed by atoms with E-state index in [9.17, 15) is 4.57 Å². The van der Waals surface area contributed by atoms with Crippen LogP contribution >= 0.6 is 21.8 Å². The third-order valence-corrected chi connectivity index (χ3v) is 3.42. The van der Waals surface area contributed by atoms with Gasteiger partial charge < -0.3 is 4.89 Å². The van der Waals surface area contributed by atoms with Crippen LogP contribution in [0.15, 0.2) is 0 Å². The van der Waals surface area contributed by atoms with Crippen molar-refractivity contribution in [2.24, 2.45) is 0 Å². The molecule has 0 aliphatic heterocycles. The summed E-state index contributed by atoms with van der Waals surface area (Å²) < 4.78 is 16.0. The maximum atomic E-state index is 11.0. The first-order chi connectivity index (χ1) is 6.99. The fourth-order valence-corrected chi connectivity index (χ4v) is 2.82. The lowest BCUT2D eigenvalue weighted by molar-refractivity contribution is 0.168. The molecule has 0 fully saturated rings. The van der Waals surface area contributed by atoms with Crippen molar-refractivity contribution in [1.29, 1.82) is 0 Å². The molecule has 3 nitrogen and oxygen atoms in total. The molecular formula is C10H22BrO3P. The summed E-state index contributed by atoms with van der Waals surface area (Å²) >= 11 is 2.64. The molecule has 0 aliphatic rings. The minimum absolute atomic E-state index is 0.0955. The van der Waals surface area contributed by atoms with Gasteiger partial charge in [-0.2, -0.15) is 0 Å². The molecule has 2 atom stereocenters. The quantitative estimate of drug-likeness (QED) is 0.498. The lowest BCUT2D eigenvalue weighted by Gasteiger charge is -2.16. The van der Waals surface area contributed by atoms with Gasteiger partial charge in [0.15, 0.2) is 0 Å². The van der Waals surface area contributed by atoms with E-state index in [1.54, 1.807) is 0 Å². The first-order valence-corrected chi connectivity index (χ1v) is 9.30. The van der Waals surface area contributed by atoms with Crippen LogP contribution in [0.3, 0.4) is 0 Å². The summed E-state index contributed by atoms with van der Waals surface area (Å²) in [5.41, 5.74) is 0. The summed E-state index contributed by atoms with van der Waals surface area (Å²) in [7, 11) is 0. The van der Waals surface area contributed by atoms with Crippen LogP contribution in [-0.2, 0) is 9.09 Å². The van der Waals surface area contributed by atoms with Gasteiger partial charge in [-0.3, -0.25) is 4.52 Å². The molecule has 2 unspecified atom stereocenters. The highest BCUT2D eigenvalue weighted by Crippen LogP contribution is 2.52. The molecular weight excluding hydrogens is 279 g/mol. The van der Waals surface area contributed by atoms with Gasteiger partial charge in [0, 0.05) is 15.5 Å². The van der Waals surface area contributed by atoms with Gasteiger partial charge in [0.25, 0.3) is 0 Å². The number of hydrogen-bond acceptors (Lipinski definition) is 2. The van der Waals surface area contributed by atoms with E-state index in [-0.39, 0.29) is 6.10 Å². The Morgan fingerprint density at radius 1 is 1.27 bits per heavy atom. The molecule has 0 saturated carbocycles. The first kappa shape index (κ1) is 15.6. The van der Waals surface area contributed by atoms with Crippen molar-refractivity contribution in [1.82, 2.24) is 0 Å². The Morgan fingerprint density at radius 2 is 1.87 bits per heavy atom. The Morgan fingerprint density at radius 3 is 2.33 bits per heavy atom. The summed E-state index contributed by atoms with van der Waals surface area (Å²) in [5.74, 6) is 0. The topological polar surface area (TPSA) is 46.5 Å². The molecule has 0 spiro atoms. The highest BCUT2D eigenvalue weighted by Gasteiger charge is 2.19. The highest BCUT2D eigenvalue weighted by atomic mass is 79.9. The van der Waals surface area contributed by atoms with E-state index < -0.39 is 6.30 Å². The van der Waals surface area contributed by atoms with Gasteiger partial charge in [0.05, 0.1) is 6.10 Å². The van der Waals surface area contributed by atoms with Crippen LogP contribution in [0.25, 0.3) is 0 Å². The summed E-state index contributed by atoms with van der Waals surface area (Å²) in [6.45, 7) is 4.16. The molecule has 0 amide bonds. The second kappa shape index (κ2) is 8.74. The number of unbranched alkanes of at least 4 members (excludes halogenated alkanes) is 4. The zero-order valence-corrected chi connectivity index (χ0v) is 12.1. The Balaban J connectivity index is 3.58. The Hall–Kier alpha value is 0.630. The fraction of sp³-hybridized carbons (Fsp3) is 1.00. The summed E-state index contributed by atoms with van der Waals surface area (Å²) in [4.78, 5) is 9.01. The second-order valence-corrected chi connectivity index (χ2v) is 7.59. The molecule has 5 heteroatoms. The maximum absolute atomic E-state index is 11.0. The van der Waals surface area contributed by atoms with Crippen molar-refractivity contribution in [2.45, 2.75) is 64.9 Å². The van der Waals surface area contributed by atoms with Gasteiger partial charge in [-0.05, 0) is 12.8 Å². The Labute approximate surface area is 101 Å². The molecule has 0 aliphatic carbocycles. The van der Waals surface area contributed by atoms with Crippen molar-refractivity contribution < 1.29 is 14.0 Å². The molecule has 0 aromatic rings. The smallest absolute Gasteiger partial charge is 0.316 e. The summed E-state index contributed by atoms with van der Waals surface area (Å²) in [6, 6.07) is 0. The molecule has 1 N–H and O–H groups in total. The van der Waals surface area contributed by atoms with Gasteiger partial charge in [-0.1, -0.05) is 46.0 Å². The Kier molecular flexibility index (Phi) is 9.11. The Bertz CT molecular complexity index is 193. The molecule has 0 aromatic heterocycles. The van der Waals surface area contributed by atoms with E-state index in [4.69, 9.17) is 9.42 Å². The summed E-state index contributed by atoms with van der Waals surface area (Å²) in [6.07, 6.45) is 4.09. The fourth-order valence-electron chi connectivity index (χ4n) is 1.49. The van der Waals surface area contributed by atoms with Gasteiger partial charge in [-0.15, -0.1) is 0 Å². The molecule has 0 radical (unpaired) electrons. The van der Waals surface area contributed by atoms with Crippen LogP contribution in [0.2, 0.25) is 0 Å². The minimum atomic E-state index is -3.49. The van der Waals surface area contributed by atoms with Crippen LogP contribution in [0.1, 0.15) is 58.8 Å². The van der Waals surface area contributed by atoms with Crippen molar-refractivity contribution in [3.8, 4) is 0 Å². The largest absolute Gasteiger partial charge is 0.393 e. The first-order valence-electron chi connectivity index (χ1n) is 5.70. The third kappa shape index (κ3) is 10.9. The highest BCUT2D eigenvalue weighted by molar-refractivity contribution is 9.39. The van der Waals surface area contributed by atoms with Gasteiger partial charge in [0.1, 0.15) is 0 Å². The molecule has 0 rings (SSSR count). The van der Waals surface area contributed by atoms with Gasteiger partial charge in [-0.25, -0.2) is 4.57 Å². The average Bonchev–Trinajstić information content (AvgIpc) is 2.14. The van der Waals surface area contributed by atoms with E-state index >= 15 is 0 Å². The maximum Gasteiger partial charge on any atom is 0.393 e. The van der Waals surface area contributed by atoms with E-state index in [2.05, 4.69) is 22.4 Å². The predicted octanol–water partition coefficient (Wildman–Crippen LogP) is 4.64. The zero-order chi connectivity index (χ0) is 11.7. The van der Waals surface area contributed by atoms with Gasteiger partial charge in [0.2, 0.25) is 0 Å². The zero-order valence-electron chi connectivity index (χ0n) is 9.62. The normalized spacial score (nSPS) is 17.3. The molecule has 0 saturated heterocycles. The SMILES string of the molecule is CCCCCCCC(CC)OP(=O)(O)Br. The lowest BCUT2D eigenvalue weighted by Crippen LogP contribution is -2.08. The van der Waals surface area contributed by atoms with E-state index in [0.29, 0.717) is 0 Å². The van der Waals surface area contributed by atoms with Crippen molar-refractivity contribution in [3.63, 3.8) is 0 Å². The molecule has 0 bridgehead atoms. The van der Waals surface area contributed by atoms with Crippen molar-refractivity contribution in [2.75, 3.05) is 0 Å². The molecule has 92 valence electrons. The average molecular weight is 301 g/mol. The predicted molar refractivity (Wildman–Crippen MR) is 67.3 cm³/mol. The monoisotopic (exact) mass is 300 g/mol. The summed E-state index contributed by atoms with van der Waals surface area (Å²) in [5, 5.41) is 0. The molecule has 0 aromatic carbocycles. The molecule has 0 heterocycles. The van der Waals surface area contributed by atoms with E-state index in [1.807, 2.05) is 6.92 Å². The van der Waals surface area contributed by atoms with Crippen LogP contribution in [0.5, 0.6) is 0 Å². The van der Waals surface area contributed by atoms with Crippen LogP contribution in [0, 0.1) is 0 Å². The third-order valence-electron chi connectivity index (χ3n) is 2.36. The standard InChI is InChI=1S/C10H22BrO3P/c1-3-5-6-7-8-9-10(4-2)14-15(11,12)13/h10H,3-9H2,1-2H3,(H,12,13). The number of rotatable bonds is 9. The van der Waals surface area contributed by atoms with Crippen LogP contribution in [-0.4, -0.2) is 11.0 Å². The second-order valence-electron chi connectivity index (χ2n) is 3.79. The number of halogens is 1. The lowest BCUT2D eigenvalue weighted by atomic mass is 10.1. The van der Waals surface area contributed by atoms with Crippen LogP contribution in [0.4, 0.5) is 0 Å². The van der Waals surface area contributed by atoms with Crippen LogP contribution < -0.4 is 0 Å².